The van der Waals surface area contributed by atoms with E-state index in [1.165, 1.54) is 48.6 Å². The van der Waals surface area contributed by atoms with E-state index in [2.05, 4.69) is 20.3 Å². The summed E-state index contributed by atoms with van der Waals surface area (Å²) in [5.41, 5.74) is 6.91. The van der Waals surface area contributed by atoms with E-state index >= 15 is 0 Å². The molecule has 3 aliphatic carbocycles. The molecular formula is C38H52FN5O4S2. The van der Waals surface area contributed by atoms with Gasteiger partial charge in [-0.25, -0.2) is 9.37 Å². The van der Waals surface area contributed by atoms with Gasteiger partial charge in [-0.15, -0.1) is 0 Å². The van der Waals surface area contributed by atoms with Crippen LogP contribution in [0.2, 0.25) is 0 Å². The molecule has 0 bridgehead atoms. The highest BCUT2D eigenvalue weighted by atomic mass is 32.2. The van der Waals surface area contributed by atoms with Crippen LogP contribution in [-0.2, 0) is 14.3 Å². The summed E-state index contributed by atoms with van der Waals surface area (Å²) in [7, 11) is 0. The molecule has 2 aromatic carbocycles. The number of benzene rings is 2. The number of aromatic nitrogens is 1. The maximum Gasteiger partial charge on any atom is 0.223 e. The molecule has 0 unspecified atom stereocenters. The lowest BCUT2D eigenvalue weighted by molar-refractivity contribution is -0.126. The molecule has 1 heterocycles. The first-order valence-corrected chi connectivity index (χ1v) is 20.2. The van der Waals surface area contributed by atoms with Crippen LogP contribution in [-0.4, -0.2) is 48.7 Å². The molecule has 12 heteroatoms. The van der Waals surface area contributed by atoms with Crippen LogP contribution in [0, 0.1) is 23.6 Å². The fourth-order valence-corrected chi connectivity index (χ4v) is 9.03. The normalized spacial score (nSPS) is 23.0. The smallest absolute Gasteiger partial charge is 0.223 e. The molecule has 3 aromatic rings. The first-order chi connectivity index (χ1) is 24.4. The van der Waals surface area contributed by atoms with Gasteiger partial charge in [-0.3, -0.25) is 9.59 Å². The van der Waals surface area contributed by atoms with Crippen molar-refractivity contribution in [3.63, 3.8) is 0 Å². The Morgan fingerprint density at radius 1 is 0.940 bits per heavy atom. The predicted molar refractivity (Wildman–Crippen MR) is 200 cm³/mol. The summed E-state index contributed by atoms with van der Waals surface area (Å²) in [6.45, 7) is 2.09. The molecule has 0 aliphatic heterocycles. The number of amides is 2. The van der Waals surface area contributed by atoms with Crippen molar-refractivity contribution in [3.8, 4) is 5.75 Å². The Morgan fingerprint density at radius 3 is 2.50 bits per heavy atom. The van der Waals surface area contributed by atoms with Gasteiger partial charge in [0.25, 0.3) is 0 Å². The van der Waals surface area contributed by atoms with E-state index in [0.717, 1.165) is 93.1 Å². The summed E-state index contributed by atoms with van der Waals surface area (Å²) < 4.78 is 30.4. The molecule has 0 saturated heterocycles. The molecule has 272 valence electrons. The van der Waals surface area contributed by atoms with Crippen LogP contribution in [0.1, 0.15) is 96.3 Å². The number of thiazole rings is 1. The maximum atomic E-state index is 14.1. The first-order valence-electron chi connectivity index (χ1n) is 18.6. The van der Waals surface area contributed by atoms with E-state index in [1.807, 2.05) is 18.2 Å². The fourth-order valence-electron chi connectivity index (χ4n) is 7.46. The maximum absolute atomic E-state index is 14.1. The summed E-state index contributed by atoms with van der Waals surface area (Å²) in [6.07, 6.45) is 15.6. The van der Waals surface area contributed by atoms with Crippen molar-refractivity contribution in [3.05, 3.63) is 42.2 Å². The standard InChI is InChI=1S/C38H52FN5O4S2/c39-32-21-28(40)14-19-34(32)50-44-38-43-33-18-17-31(22-35(33)49-38)48-24-26-10-8-25(9-11-26)23-41-37(46)27-12-15-29(16-13-27)42-36(45)7-4-20-47-30-5-2-1-3-6-30/h14,17-19,21-22,25-27,29-30H,1-13,15-16,20,23-24,40H2,(H,41,46)(H,42,45)(H,43,44). The van der Waals surface area contributed by atoms with Crippen LogP contribution >= 0.6 is 23.3 Å². The second-order valence-corrected chi connectivity index (χ2v) is 16.2. The number of ether oxygens (including phenoxy) is 2. The molecule has 0 radical (unpaired) electrons. The molecule has 5 N–H and O–H groups in total. The lowest BCUT2D eigenvalue weighted by Crippen LogP contribution is -2.42. The van der Waals surface area contributed by atoms with E-state index in [0.29, 0.717) is 53.3 Å². The Labute approximate surface area is 303 Å². The van der Waals surface area contributed by atoms with Crippen molar-refractivity contribution in [2.24, 2.45) is 17.8 Å². The summed E-state index contributed by atoms with van der Waals surface area (Å²) in [5.74, 6) is 1.80. The molecule has 1 aromatic heterocycles. The van der Waals surface area contributed by atoms with Gasteiger partial charge in [-0.1, -0.05) is 30.6 Å². The van der Waals surface area contributed by atoms with Gasteiger partial charge in [0.2, 0.25) is 11.8 Å². The molecule has 2 amide bonds. The Bertz CT molecular complexity index is 1550. The highest BCUT2D eigenvalue weighted by Crippen LogP contribution is 2.34. The highest BCUT2D eigenvalue weighted by Gasteiger charge is 2.28. The molecule has 6 rings (SSSR count). The number of nitrogens with two attached hydrogens (primary N) is 1. The second-order valence-electron chi connectivity index (χ2n) is 14.3. The number of fused-ring (bicyclic) bond motifs is 1. The number of anilines is 2. The Kier molecular flexibility index (Phi) is 13.5. The van der Waals surface area contributed by atoms with Gasteiger partial charge >= 0.3 is 0 Å². The van der Waals surface area contributed by atoms with Crippen molar-refractivity contribution in [1.29, 1.82) is 0 Å². The largest absolute Gasteiger partial charge is 0.493 e. The SMILES string of the molecule is Nc1ccc(SNc2nc3ccc(OCC4CCC(CNC(=O)C5CCC(NC(=O)CCCOC6CCCCC6)CC5)CC4)cc3s2)c(F)c1. The van der Waals surface area contributed by atoms with Crippen LogP contribution in [0.3, 0.4) is 0 Å². The van der Waals surface area contributed by atoms with Crippen molar-refractivity contribution in [1.82, 2.24) is 15.6 Å². The van der Waals surface area contributed by atoms with Crippen LogP contribution in [0.25, 0.3) is 10.2 Å². The number of hydrogen-bond acceptors (Lipinski definition) is 9. The predicted octanol–water partition coefficient (Wildman–Crippen LogP) is 8.24. The minimum Gasteiger partial charge on any atom is -0.493 e. The van der Waals surface area contributed by atoms with E-state index < -0.39 is 0 Å². The third-order valence-corrected chi connectivity index (χ3v) is 12.4. The Morgan fingerprint density at radius 2 is 1.72 bits per heavy atom. The topological polar surface area (TPSA) is 128 Å². The van der Waals surface area contributed by atoms with E-state index in [4.69, 9.17) is 15.2 Å². The van der Waals surface area contributed by atoms with Gasteiger partial charge in [-0.2, -0.15) is 0 Å². The highest BCUT2D eigenvalue weighted by molar-refractivity contribution is 8.00. The molecule has 50 heavy (non-hydrogen) atoms. The molecule has 3 saturated carbocycles. The van der Waals surface area contributed by atoms with Crippen LogP contribution in [0.15, 0.2) is 41.3 Å². The zero-order chi connectivity index (χ0) is 34.7. The number of nitrogen functional groups attached to an aromatic ring is 1. The number of halogens is 1. The van der Waals surface area contributed by atoms with Crippen molar-refractivity contribution in [2.45, 2.75) is 113 Å². The van der Waals surface area contributed by atoms with E-state index in [-0.39, 0.29) is 29.6 Å². The van der Waals surface area contributed by atoms with Crippen molar-refractivity contribution in [2.75, 3.05) is 30.2 Å². The molecular weight excluding hydrogens is 674 g/mol. The average Bonchev–Trinajstić information content (AvgIpc) is 3.54. The van der Waals surface area contributed by atoms with Gasteiger partial charge in [0.1, 0.15) is 11.6 Å². The van der Waals surface area contributed by atoms with Crippen LogP contribution in [0.4, 0.5) is 15.2 Å². The lowest BCUT2D eigenvalue weighted by atomic mass is 9.82. The molecule has 3 aliphatic rings. The van der Waals surface area contributed by atoms with Gasteiger partial charge in [0, 0.05) is 37.2 Å². The minimum absolute atomic E-state index is 0.0463. The Balaban J connectivity index is 0.823. The third kappa shape index (κ3) is 11.0. The number of carbonyl (C=O) groups is 2. The monoisotopic (exact) mass is 725 g/mol. The van der Waals surface area contributed by atoms with Gasteiger partial charge in [0.15, 0.2) is 5.13 Å². The third-order valence-electron chi connectivity index (χ3n) is 10.5. The number of hydrogen-bond donors (Lipinski definition) is 4. The minimum atomic E-state index is -0.364. The Hall–Kier alpha value is -3.09. The average molecular weight is 726 g/mol. The number of carbonyl (C=O) groups excluding carboxylic acids is 2. The van der Waals surface area contributed by atoms with Gasteiger partial charge in [0.05, 0.1) is 27.8 Å². The summed E-state index contributed by atoms with van der Waals surface area (Å²) >= 11 is 2.68. The molecule has 0 spiro atoms. The van der Waals surface area contributed by atoms with Crippen LogP contribution in [0.5, 0.6) is 5.75 Å². The zero-order valence-corrected chi connectivity index (χ0v) is 30.6. The second kappa shape index (κ2) is 18.4. The first kappa shape index (κ1) is 36.7. The quantitative estimate of drug-likeness (QED) is 0.0701. The molecule has 0 atom stereocenters. The molecule has 3 fully saturated rings. The number of nitrogens with zero attached hydrogens (tertiary/aromatic N) is 1. The van der Waals surface area contributed by atoms with Crippen LogP contribution < -0.4 is 25.8 Å². The number of nitrogens with one attached hydrogen (secondary N) is 3. The molecule has 9 nitrogen and oxygen atoms in total. The lowest BCUT2D eigenvalue weighted by Gasteiger charge is -2.31. The summed E-state index contributed by atoms with van der Waals surface area (Å²) in [4.78, 5) is 30.5. The summed E-state index contributed by atoms with van der Waals surface area (Å²) in [6, 6.07) is 10.7. The zero-order valence-electron chi connectivity index (χ0n) is 28.9. The fraction of sp³-hybridized carbons (Fsp3) is 0.605. The van der Waals surface area contributed by atoms with E-state index in [9.17, 15) is 14.0 Å². The van der Waals surface area contributed by atoms with Crippen molar-refractivity contribution < 1.29 is 23.5 Å². The van der Waals surface area contributed by atoms with Gasteiger partial charge in [-0.05, 0) is 131 Å². The van der Waals surface area contributed by atoms with Gasteiger partial charge < -0.3 is 30.6 Å². The number of rotatable bonds is 15. The van der Waals surface area contributed by atoms with E-state index in [1.54, 1.807) is 12.1 Å². The van der Waals surface area contributed by atoms with Crippen molar-refractivity contribution >= 4 is 56.1 Å². The summed E-state index contributed by atoms with van der Waals surface area (Å²) in [5, 5.41) is 7.13.